The van der Waals surface area contributed by atoms with E-state index < -0.39 is 10.0 Å². The molecule has 6 aromatic rings. The number of sulfonamides is 1. The van der Waals surface area contributed by atoms with Crippen molar-refractivity contribution in [1.29, 1.82) is 0 Å². The average Bonchev–Trinajstić information content (AvgIpc) is 3.60. The Morgan fingerprint density at radius 2 is 1.67 bits per heavy atom. The third-order valence-corrected chi connectivity index (χ3v) is 10.1. The quantitative estimate of drug-likeness (QED) is 0.138. The highest BCUT2D eigenvalue weighted by Crippen LogP contribution is 2.31. The summed E-state index contributed by atoms with van der Waals surface area (Å²) < 4.78 is 50.8. The van der Waals surface area contributed by atoms with Crippen LogP contribution in [-0.2, 0) is 29.4 Å². The number of rotatable bonds is 12. The molecule has 0 aliphatic heterocycles. The molecule has 1 amide bonds. The van der Waals surface area contributed by atoms with E-state index in [2.05, 4.69) is 26.7 Å². The van der Waals surface area contributed by atoms with Gasteiger partial charge in [0.05, 0.1) is 21.6 Å². The molecule has 0 aliphatic carbocycles. The molecule has 4 aromatic carbocycles. The number of benzene rings is 4. The van der Waals surface area contributed by atoms with Crippen LogP contribution in [0.4, 0.5) is 10.3 Å². The summed E-state index contributed by atoms with van der Waals surface area (Å²) in [4.78, 5) is 18.3. The zero-order valence-corrected chi connectivity index (χ0v) is 28.7. The van der Waals surface area contributed by atoms with Gasteiger partial charge >= 0.3 is 0 Å². The molecule has 0 spiro atoms. The molecule has 0 saturated carbocycles. The average molecular weight is 680 g/mol. The lowest BCUT2D eigenvalue weighted by Gasteiger charge is -2.13. The van der Waals surface area contributed by atoms with Gasteiger partial charge in [-0.3, -0.25) is 4.79 Å². The van der Waals surface area contributed by atoms with E-state index >= 15 is 0 Å². The second kappa shape index (κ2) is 14.1. The van der Waals surface area contributed by atoms with Gasteiger partial charge in [-0.25, -0.2) is 22.5 Å². The number of halogens is 1. The van der Waals surface area contributed by atoms with Crippen molar-refractivity contribution in [1.82, 2.24) is 20.0 Å². The number of amides is 1. The minimum atomic E-state index is -3.97. The van der Waals surface area contributed by atoms with E-state index in [-0.39, 0.29) is 22.5 Å². The van der Waals surface area contributed by atoms with Crippen molar-refractivity contribution in [3.05, 3.63) is 130 Å². The number of imidazole rings is 1. The summed E-state index contributed by atoms with van der Waals surface area (Å²) in [6.45, 7) is 8.37. The minimum Gasteiger partial charge on any atom is -0.352 e. The van der Waals surface area contributed by atoms with Gasteiger partial charge in [0.2, 0.25) is 5.88 Å². The van der Waals surface area contributed by atoms with Crippen LogP contribution in [0.1, 0.15) is 57.5 Å². The summed E-state index contributed by atoms with van der Waals surface area (Å²) in [6, 6.07) is 24.9. The van der Waals surface area contributed by atoms with E-state index in [9.17, 15) is 17.6 Å². The molecule has 0 atom stereocenters. The zero-order valence-electron chi connectivity index (χ0n) is 27.9. The van der Waals surface area contributed by atoms with Crippen LogP contribution in [0, 0.1) is 26.6 Å². The van der Waals surface area contributed by atoms with Crippen molar-refractivity contribution in [2.24, 2.45) is 0 Å². The monoisotopic (exact) mass is 679 g/mol. The molecular formula is C38H38FN5O4S. The van der Waals surface area contributed by atoms with Crippen molar-refractivity contribution < 1.29 is 22.1 Å². The Kier molecular flexibility index (Phi) is 9.64. The van der Waals surface area contributed by atoms with Crippen LogP contribution in [0.3, 0.4) is 0 Å². The van der Waals surface area contributed by atoms with Crippen molar-refractivity contribution >= 4 is 32.8 Å². The summed E-state index contributed by atoms with van der Waals surface area (Å²) in [7, 11) is -3.97. The van der Waals surface area contributed by atoms with Gasteiger partial charge in [0, 0.05) is 36.2 Å². The fourth-order valence-electron chi connectivity index (χ4n) is 5.88. The topological polar surface area (TPSA) is 119 Å². The van der Waals surface area contributed by atoms with Crippen LogP contribution in [0.5, 0.6) is 0 Å². The molecular weight excluding hydrogens is 642 g/mol. The van der Waals surface area contributed by atoms with E-state index in [1.54, 1.807) is 56.3 Å². The molecule has 49 heavy (non-hydrogen) atoms. The van der Waals surface area contributed by atoms with Crippen molar-refractivity contribution in [3.63, 3.8) is 0 Å². The van der Waals surface area contributed by atoms with Gasteiger partial charge in [-0.15, -0.1) is 0 Å². The number of aryl methyl sites for hydroxylation is 3. The second-order valence-corrected chi connectivity index (χ2v) is 13.8. The number of carbonyl (C=O) groups is 1. The van der Waals surface area contributed by atoms with Crippen LogP contribution in [0.15, 0.2) is 94.3 Å². The fraction of sp³-hybridized carbons (Fsp3) is 0.237. The van der Waals surface area contributed by atoms with Crippen molar-refractivity contribution in [3.8, 4) is 11.1 Å². The Bertz CT molecular complexity index is 2260. The van der Waals surface area contributed by atoms with E-state index in [1.807, 2.05) is 43.3 Å². The fourth-order valence-corrected chi connectivity index (χ4v) is 7.15. The Balaban J connectivity index is 1.25. The molecule has 2 heterocycles. The summed E-state index contributed by atoms with van der Waals surface area (Å²) in [5.74, 6) is 0.500. The lowest BCUT2D eigenvalue weighted by molar-refractivity contribution is 0.0954. The first-order chi connectivity index (χ1) is 23.6. The molecule has 0 aliphatic rings. The molecule has 0 unspecified atom stereocenters. The summed E-state index contributed by atoms with van der Waals surface area (Å²) >= 11 is 0. The summed E-state index contributed by atoms with van der Waals surface area (Å²) in [5.41, 5.74) is 7.18. The van der Waals surface area contributed by atoms with Gasteiger partial charge in [-0.2, -0.15) is 0 Å². The predicted molar refractivity (Wildman–Crippen MR) is 189 cm³/mol. The van der Waals surface area contributed by atoms with E-state index in [4.69, 9.17) is 9.51 Å². The number of hydrogen-bond donors (Lipinski definition) is 2. The maximum absolute atomic E-state index is 14.1. The number of nitrogens with zero attached hydrogens (tertiary/aromatic N) is 3. The van der Waals surface area contributed by atoms with Crippen LogP contribution in [0.2, 0.25) is 0 Å². The summed E-state index contributed by atoms with van der Waals surface area (Å²) in [6.07, 6.45) is 2.05. The first-order valence-corrected chi connectivity index (χ1v) is 17.7. The van der Waals surface area contributed by atoms with Crippen LogP contribution in [-0.4, -0.2) is 35.6 Å². The molecule has 2 N–H and O–H groups in total. The second-order valence-electron chi connectivity index (χ2n) is 12.1. The number of anilines is 1. The Hall–Kier alpha value is -5.29. The van der Waals surface area contributed by atoms with E-state index in [1.165, 1.54) is 6.07 Å². The first-order valence-electron chi connectivity index (χ1n) is 16.2. The third kappa shape index (κ3) is 7.12. The predicted octanol–water partition coefficient (Wildman–Crippen LogP) is 7.53. The number of hydrogen-bond acceptors (Lipinski definition) is 6. The maximum Gasteiger partial charge on any atom is 0.264 e. The molecule has 0 fully saturated rings. The Labute approximate surface area is 285 Å². The molecule has 9 nitrogen and oxygen atoms in total. The lowest BCUT2D eigenvalue weighted by atomic mass is 10.0. The highest BCUT2D eigenvalue weighted by molar-refractivity contribution is 7.92. The third-order valence-electron chi connectivity index (χ3n) is 8.66. The molecule has 0 radical (unpaired) electrons. The van der Waals surface area contributed by atoms with Crippen molar-refractivity contribution in [2.75, 3.05) is 11.3 Å². The lowest BCUT2D eigenvalue weighted by Crippen LogP contribution is -2.26. The van der Waals surface area contributed by atoms with Gasteiger partial charge in [-0.05, 0) is 80.1 Å². The number of carbonyl (C=O) groups excluding carboxylic acids is 1. The first kappa shape index (κ1) is 33.6. The molecule has 6 rings (SSSR count). The van der Waals surface area contributed by atoms with Gasteiger partial charge in [0.15, 0.2) is 0 Å². The van der Waals surface area contributed by atoms with E-state index in [0.717, 1.165) is 46.4 Å². The normalized spacial score (nSPS) is 11.6. The summed E-state index contributed by atoms with van der Waals surface area (Å²) in [5, 5.41) is 6.79. The molecule has 252 valence electrons. The zero-order chi connectivity index (χ0) is 34.7. The maximum atomic E-state index is 14.1. The SMILES string of the molecule is CCCc1nc2c(C)cc(C(=O)NCCc3ccccc3F)cc2n1Cc1ccc(-c2ccccc2S(=O)(=O)Nc2onc(C)c2C)cc1. The largest absolute Gasteiger partial charge is 0.352 e. The van der Waals surface area contributed by atoms with Gasteiger partial charge in [-0.1, -0.05) is 72.7 Å². The van der Waals surface area contributed by atoms with Gasteiger partial charge in [0.25, 0.3) is 15.9 Å². The molecule has 0 saturated heterocycles. The van der Waals surface area contributed by atoms with Gasteiger partial charge < -0.3 is 14.4 Å². The Morgan fingerprint density at radius 1 is 0.939 bits per heavy atom. The van der Waals surface area contributed by atoms with Crippen LogP contribution < -0.4 is 10.0 Å². The highest BCUT2D eigenvalue weighted by Gasteiger charge is 2.23. The molecule has 11 heteroatoms. The standard InChI is InChI=1S/C38H38FN5O4S/c1-5-10-35-41-36-24(2)21-30(37(45)40-20-19-29-11-6-8-13-32(29)39)22-33(36)44(35)23-27-15-17-28(18-16-27)31-12-7-9-14-34(31)49(46,47)43-38-25(3)26(4)42-48-38/h6-9,11-18,21-22,43H,5,10,19-20,23H2,1-4H3,(H,40,45). The van der Waals surface area contributed by atoms with Crippen LogP contribution >= 0.6 is 0 Å². The number of nitrogens with one attached hydrogen (secondary N) is 2. The van der Waals surface area contributed by atoms with Crippen molar-refractivity contribution in [2.45, 2.75) is 58.4 Å². The van der Waals surface area contributed by atoms with Gasteiger partial charge in [0.1, 0.15) is 11.6 Å². The molecule has 2 aromatic heterocycles. The number of fused-ring (bicyclic) bond motifs is 1. The highest BCUT2D eigenvalue weighted by atomic mass is 32.2. The molecule has 0 bridgehead atoms. The Morgan fingerprint density at radius 3 is 2.39 bits per heavy atom. The minimum absolute atomic E-state index is 0.0940. The van der Waals surface area contributed by atoms with E-state index in [0.29, 0.717) is 47.5 Å². The van der Waals surface area contributed by atoms with Crippen LogP contribution in [0.25, 0.3) is 22.2 Å². The smallest absolute Gasteiger partial charge is 0.264 e. The number of aromatic nitrogens is 3.